The van der Waals surface area contributed by atoms with Crippen LogP contribution in [0.3, 0.4) is 0 Å². The van der Waals surface area contributed by atoms with E-state index in [9.17, 15) is 13.2 Å². The molecular weight excluding hydrogens is 386 g/mol. The number of piperazine rings is 1. The van der Waals surface area contributed by atoms with E-state index in [4.69, 9.17) is 0 Å². The Morgan fingerprint density at radius 1 is 0.966 bits per heavy atom. The molecule has 0 N–H and O–H groups in total. The van der Waals surface area contributed by atoms with E-state index in [0.717, 1.165) is 24.1 Å². The predicted molar refractivity (Wildman–Crippen MR) is 115 cm³/mol. The lowest BCUT2D eigenvalue weighted by molar-refractivity contribution is -0.119. The van der Waals surface area contributed by atoms with Crippen molar-refractivity contribution in [3.63, 3.8) is 0 Å². The first-order valence-corrected chi connectivity index (χ1v) is 11.5. The molecule has 0 aliphatic carbocycles. The van der Waals surface area contributed by atoms with Crippen LogP contribution in [0.4, 0.5) is 5.69 Å². The zero-order valence-electron chi connectivity index (χ0n) is 17.1. The number of para-hydroxylation sites is 1. The first kappa shape index (κ1) is 21.5. The van der Waals surface area contributed by atoms with Crippen molar-refractivity contribution in [2.45, 2.75) is 24.7 Å². The van der Waals surface area contributed by atoms with Crippen molar-refractivity contribution in [3.05, 3.63) is 60.2 Å². The molecule has 0 bridgehead atoms. The van der Waals surface area contributed by atoms with E-state index in [1.807, 2.05) is 47.4 Å². The third-order valence-electron chi connectivity index (χ3n) is 5.31. The van der Waals surface area contributed by atoms with Gasteiger partial charge in [-0.3, -0.25) is 9.69 Å². The van der Waals surface area contributed by atoms with Gasteiger partial charge in [0.1, 0.15) is 0 Å². The summed E-state index contributed by atoms with van der Waals surface area (Å²) >= 11 is 0. The number of carbonyl (C=O) groups is 1. The maximum atomic E-state index is 12.9. The van der Waals surface area contributed by atoms with Gasteiger partial charge in [0.15, 0.2) is 0 Å². The van der Waals surface area contributed by atoms with Crippen molar-refractivity contribution < 1.29 is 13.2 Å². The Bertz CT molecular complexity index is 906. The molecule has 3 rings (SSSR count). The second-order valence-corrected chi connectivity index (χ2v) is 9.30. The fourth-order valence-electron chi connectivity index (χ4n) is 3.49. The van der Waals surface area contributed by atoms with Gasteiger partial charge in [0, 0.05) is 38.9 Å². The molecule has 1 aliphatic rings. The van der Waals surface area contributed by atoms with Crippen LogP contribution in [-0.4, -0.2) is 63.3 Å². The highest BCUT2D eigenvalue weighted by molar-refractivity contribution is 7.89. The zero-order chi connectivity index (χ0) is 20.9. The summed E-state index contributed by atoms with van der Waals surface area (Å²) in [6.07, 6.45) is 1.98. The third-order valence-corrected chi connectivity index (χ3v) is 7.22. The molecule has 0 aromatic heterocycles. The van der Waals surface area contributed by atoms with Gasteiger partial charge < -0.3 is 4.90 Å². The zero-order valence-corrected chi connectivity index (χ0v) is 17.9. The van der Waals surface area contributed by atoms with Crippen LogP contribution in [0.5, 0.6) is 0 Å². The number of carbonyl (C=O) groups excluding carboxylic acids is 1. The number of aryl methyl sites for hydroxylation is 1. The Labute approximate surface area is 173 Å². The molecule has 156 valence electrons. The molecule has 1 amide bonds. The van der Waals surface area contributed by atoms with E-state index in [0.29, 0.717) is 31.1 Å². The lowest BCUT2D eigenvalue weighted by Gasteiger charge is -2.34. The summed E-state index contributed by atoms with van der Waals surface area (Å²) in [5.74, 6) is -0.000907. The van der Waals surface area contributed by atoms with Crippen LogP contribution < -0.4 is 4.90 Å². The van der Waals surface area contributed by atoms with Gasteiger partial charge in [0.2, 0.25) is 15.9 Å². The van der Waals surface area contributed by atoms with Gasteiger partial charge in [-0.25, -0.2) is 8.42 Å². The van der Waals surface area contributed by atoms with E-state index < -0.39 is 10.0 Å². The Morgan fingerprint density at radius 2 is 1.59 bits per heavy atom. The molecule has 0 spiro atoms. The maximum absolute atomic E-state index is 12.9. The molecule has 1 aliphatic heterocycles. The second-order valence-electron chi connectivity index (χ2n) is 7.36. The largest absolute Gasteiger partial charge is 0.314 e. The summed E-state index contributed by atoms with van der Waals surface area (Å²) in [5, 5.41) is 0. The van der Waals surface area contributed by atoms with Crippen molar-refractivity contribution in [3.8, 4) is 0 Å². The van der Waals surface area contributed by atoms with Gasteiger partial charge in [0.25, 0.3) is 0 Å². The van der Waals surface area contributed by atoms with Gasteiger partial charge in [-0.2, -0.15) is 4.31 Å². The SMILES string of the molecule is CCCc1ccc(S(=O)(=O)N2CCN(CC(=O)N(C)c3ccccc3)CC2)cc1. The molecule has 0 atom stereocenters. The summed E-state index contributed by atoms with van der Waals surface area (Å²) in [6.45, 7) is 4.25. The highest BCUT2D eigenvalue weighted by atomic mass is 32.2. The maximum Gasteiger partial charge on any atom is 0.243 e. The number of hydrogen-bond donors (Lipinski definition) is 0. The minimum atomic E-state index is -3.49. The highest BCUT2D eigenvalue weighted by Gasteiger charge is 2.29. The van der Waals surface area contributed by atoms with Crippen LogP contribution in [0, 0.1) is 0 Å². The van der Waals surface area contributed by atoms with Gasteiger partial charge in [-0.1, -0.05) is 43.7 Å². The summed E-state index contributed by atoms with van der Waals surface area (Å²) < 4.78 is 27.3. The van der Waals surface area contributed by atoms with Gasteiger partial charge in [0.05, 0.1) is 11.4 Å². The monoisotopic (exact) mass is 415 g/mol. The first-order chi connectivity index (χ1) is 13.9. The second kappa shape index (κ2) is 9.52. The number of sulfonamides is 1. The minimum Gasteiger partial charge on any atom is -0.314 e. The van der Waals surface area contributed by atoms with Crippen molar-refractivity contribution in [2.24, 2.45) is 0 Å². The number of anilines is 1. The van der Waals surface area contributed by atoms with Crippen LogP contribution in [0.25, 0.3) is 0 Å². The summed E-state index contributed by atoms with van der Waals surface area (Å²) in [5.41, 5.74) is 2.00. The standard InChI is InChI=1S/C22H29N3O3S/c1-3-7-19-10-12-21(13-11-19)29(27,28)25-16-14-24(15-17-25)18-22(26)23(2)20-8-5-4-6-9-20/h4-6,8-13H,3,7,14-18H2,1-2H3. The van der Waals surface area contributed by atoms with Gasteiger partial charge >= 0.3 is 0 Å². The fourth-order valence-corrected chi connectivity index (χ4v) is 4.91. The van der Waals surface area contributed by atoms with Crippen LogP contribution in [0.2, 0.25) is 0 Å². The van der Waals surface area contributed by atoms with E-state index in [-0.39, 0.29) is 12.5 Å². The van der Waals surface area contributed by atoms with E-state index in [2.05, 4.69) is 6.92 Å². The van der Waals surface area contributed by atoms with Crippen LogP contribution >= 0.6 is 0 Å². The van der Waals surface area contributed by atoms with Crippen molar-refractivity contribution in [1.29, 1.82) is 0 Å². The number of likely N-dealkylation sites (N-methyl/N-ethyl adjacent to an activating group) is 1. The van der Waals surface area contributed by atoms with Crippen molar-refractivity contribution in [2.75, 3.05) is 44.7 Å². The fraction of sp³-hybridized carbons (Fsp3) is 0.409. The molecule has 1 fully saturated rings. The van der Waals surface area contributed by atoms with Crippen LogP contribution in [0.15, 0.2) is 59.5 Å². The number of amides is 1. The van der Waals surface area contributed by atoms with E-state index >= 15 is 0 Å². The predicted octanol–water partition coefficient (Wildman–Crippen LogP) is 2.61. The Kier molecular flexibility index (Phi) is 7.05. The number of rotatable bonds is 7. The molecule has 0 radical (unpaired) electrons. The van der Waals surface area contributed by atoms with Crippen LogP contribution in [-0.2, 0) is 21.2 Å². The van der Waals surface area contributed by atoms with E-state index in [1.165, 1.54) is 4.31 Å². The van der Waals surface area contributed by atoms with E-state index in [1.54, 1.807) is 24.1 Å². The summed E-state index contributed by atoms with van der Waals surface area (Å²) in [6, 6.07) is 16.7. The summed E-state index contributed by atoms with van der Waals surface area (Å²) in [7, 11) is -1.73. The topological polar surface area (TPSA) is 60.9 Å². The molecule has 7 heteroatoms. The van der Waals surface area contributed by atoms with Gasteiger partial charge in [-0.05, 0) is 36.2 Å². The lowest BCUT2D eigenvalue weighted by atomic mass is 10.1. The Hall–Kier alpha value is -2.22. The molecule has 6 nitrogen and oxygen atoms in total. The highest BCUT2D eigenvalue weighted by Crippen LogP contribution is 2.19. The Morgan fingerprint density at radius 3 is 2.17 bits per heavy atom. The van der Waals surface area contributed by atoms with Crippen molar-refractivity contribution in [1.82, 2.24) is 9.21 Å². The number of nitrogens with zero attached hydrogens (tertiary/aromatic N) is 3. The molecule has 2 aromatic carbocycles. The third kappa shape index (κ3) is 5.23. The van der Waals surface area contributed by atoms with Crippen LogP contribution in [0.1, 0.15) is 18.9 Å². The first-order valence-electron chi connectivity index (χ1n) is 10.0. The van der Waals surface area contributed by atoms with Gasteiger partial charge in [-0.15, -0.1) is 0 Å². The normalized spacial score (nSPS) is 15.9. The molecule has 2 aromatic rings. The average molecular weight is 416 g/mol. The molecule has 1 saturated heterocycles. The number of benzene rings is 2. The Balaban J connectivity index is 1.56. The minimum absolute atomic E-state index is 0.000907. The molecule has 0 unspecified atom stereocenters. The van der Waals surface area contributed by atoms with Crippen molar-refractivity contribution >= 4 is 21.6 Å². The molecule has 0 saturated carbocycles. The lowest BCUT2D eigenvalue weighted by Crippen LogP contribution is -2.51. The smallest absolute Gasteiger partial charge is 0.243 e. The number of hydrogen-bond acceptors (Lipinski definition) is 4. The summed E-state index contributed by atoms with van der Waals surface area (Å²) in [4.78, 5) is 16.5. The molecular formula is C22H29N3O3S. The molecule has 29 heavy (non-hydrogen) atoms. The average Bonchev–Trinajstić information content (AvgIpc) is 2.75. The quantitative estimate of drug-likeness (QED) is 0.697. The molecule has 1 heterocycles.